The third-order valence-corrected chi connectivity index (χ3v) is 12.5. The molecule has 364 valence electrons. The van der Waals surface area contributed by atoms with Crippen molar-refractivity contribution in [3.8, 4) is 0 Å². The second-order valence-electron chi connectivity index (χ2n) is 18.7. The SMILES string of the molecule is CC/C=C/C=C/C=C\CCCCCC(CC(=O)NC(CO)C(O)CCCCCCCCCCCCCCCCCC)OC(=O)CCCCCCCCCCCCCCCCCC. The number of esters is 1. The molecule has 0 aromatic heterocycles. The van der Waals surface area contributed by atoms with Crippen molar-refractivity contribution in [2.24, 2.45) is 0 Å². The van der Waals surface area contributed by atoms with Gasteiger partial charge in [-0.3, -0.25) is 9.59 Å². The number of allylic oxidation sites excluding steroid dienone is 6. The van der Waals surface area contributed by atoms with Gasteiger partial charge in [-0.15, -0.1) is 0 Å². The van der Waals surface area contributed by atoms with Crippen LogP contribution in [0.2, 0.25) is 0 Å². The predicted octanol–water partition coefficient (Wildman–Crippen LogP) is 16.5. The second-order valence-corrected chi connectivity index (χ2v) is 18.7. The summed E-state index contributed by atoms with van der Waals surface area (Å²) in [4.78, 5) is 26.1. The molecule has 0 aromatic carbocycles. The average molecular weight is 872 g/mol. The minimum Gasteiger partial charge on any atom is -0.462 e. The van der Waals surface area contributed by atoms with E-state index in [4.69, 9.17) is 4.74 Å². The Bertz CT molecular complexity index is 1020. The van der Waals surface area contributed by atoms with Gasteiger partial charge in [-0.25, -0.2) is 0 Å². The van der Waals surface area contributed by atoms with Crippen molar-refractivity contribution in [2.45, 2.75) is 302 Å². The van der Waals surface area contributed by atoms with Crippen molar-refractivity contribution in [1.29, 1.82) is 0 Å². The summed E-state index contributed by atoms with van der Waals surface area (Å²) < 4.78 is 5.92. The fourth-order valence-corrected chi connectivity index (χ4v) is 8.43. The molecule has 0 rings (SSSR count). The number of hydrogen-bond acceptors (Lipinski definition) is 5. The van der Waals surface area contributed by atoms with E-state index in [0.29, 0.717) is 19.3 Å². The lowest BCUT2D eigenvalue weighted by atomic mass is 10.0. The highest BCUT2D eigenvalue weighted by Crippen LogP contribution is 2.18. The van der Waals surface area contributed by atoms with Gasteiger partial charge in [-0.2, -0.15) is 0 Å². The molecule has 0 fully saturated rings. The molecular weight excluding hydrogens is 767 g/mol. The fourth-order valence-electron chi connectivity index (χ4n) is 8.43. The minimum atomic E-state index is -0.794. The van der Waals surface area contributed by atoms with Crippen LogP contribution in [0.4, 0.5) is 0 Å². The molecule has 0 aliphatic heterocycles. The van der Waals surface area contributed by atoms with Crippen LogP contribution in [0.3, 0.4) is 0 Å². The predicted molar refractivity (Wildman–Crippen MR) is 269 cm³/mol. The summed E-state index contributed by atoms with van der Waals surface area (Å²) in [7, 11) is 0. The molecule has 0 spiro atoms. The molecule has 6 heteroatoms. The van der Waals surface area contributed by atoms with Crippen LogP contribution in [-0.4, -0.2) is 46.9 Å². The minimum absolute atomic E-state index is 0.0585. The van der Waals surface area contributed by atoms with Crippen LogP contribution in [0.25, 0.3) is 0 Å². The molecule has 0 aromatic rings. The number of hydrogen-bond donors (Lipinski definition) is 3. The number of unbranched alkanes of at least 4 members (excludes halogenated alkanes) is 33. The molecule has 3 unspecified atom stereocenters. The second kappa shape index (κ2) is 50.1. The Morgan fingerprint density at radius 3 is 1.31 bits per heavy atom. The van der Waals surface area contributed by atoms with E-state index in [-0.39, 0.29) is 24.9 Å². The van der Waals surface area contributed by atoms with Gasteiger partial charge in [-0.1, -0.05) is 263 Å². The van der Waals surface area contributed by atoms with E-state index in [1.54, 1.807) is 0 Å². The zero-order valence-corrected chi connectivity index (χ0v) is 41.5. The highest BCUT2D eigenvalue weighted by atomic mass is 16.5. The zero-order valence-electron chi connectivity index (χ0n) is 41.5. The van der Waals surface area contributed by atoms with Gasteiger partial charge in [0, 0.05) is 6.42 Å². The standard InChI is InChI=1S/C56H105NO5/c1-4-7-10-13-16-19-22-24-26-28-30-33-36-39-42-45-48-54(59)53(51-58)57-55(60)50-52(47-44-41-38-35-32-21-18-15-12-9-6-3)62-56(61)49-46-43-40-37-34-31-29-27-25-23-20-17-14-11-8-5-2/h9,12,15,18,21,32,52-54,58-59H,4-8,10-11,13-14,16-17,19-20,22-31,33-51H2,1-3H3,(H,57,60)/b12-9+,18-15+,32-21-. The third-order valence-electron chi connectivity index (χ3n) is 12.5. The molecule has 3 atom stereocenters. The van der Waals surface area contributed by atoms with Crippen molar-refractivity contribution in [3.05, 3.63) is 36.5 Å². The van der Waals surface area contributed by atoms with Gasteiger partial charge in [0.05, 0.1) is 25.2 Å². The average Bonchev–Trinajstić information content (AvgIpc) is 3.26. The van der Waals surface area contributed by atoms with Crippen LogP contribution < -0.4 is 5.32 Å². The molecule has 0 bridgehead atoms. The van der Waals surface area contributed by atoms with E-state index >= 15 is 0 Å². The highest BCUT2D eigenvalue weighted by molar-refractivity contribution is 5.77. The van der Waals surface area contributed by atoms with Gasteiger partial charge in [-0.05, 0) is 44.9 Å². The van der Waals surface area contributed by atoms with Crippen LogP contribution >= 0.6 is 0 Å². The van der Waals surface area contributed by atoms with Gasteiger partial charge >= 0.3 is 5.97 Å². The largest absolute Gasteiger partial charge is 0.462 e. The Morgan fingerprint density at radius 2 is 0.871 bits per heavy atom. The van der Waals surface area contributed by atoms with Crippen molar-refractivity contribution in [1.82, 2.24) is 5.32 Å². The lowest BCUT2D eigenvalue weighted by Gasteiger charge is -2.24. The molecule has 0 saturated heterocycles. The monoisotopic (exact) mass is 872 g/mol. The van der Waals surface area contributed by atoms with E-state index < -0.39 is 18.2 Å². The zero-order chi connectivity index (χ0) is 45.2. The maximum atomic E-state index is 13.2. The first kappa shape index (κ1) is 60.1. The molecule has 6 nitrogen and oxygen atoms in total. The Hall–Kier alpha value is -1.92. The Labute approximate surface area is 385 Å². The van der Waals surface area contributed by atoms with Gasteiger partial charge < -0.3 is 20.3 Å². The smallest absolute Gasteiger partial charge is 0.306 e. The van der Waals surface area contributed by atoms with Crippen molar-refractivity contribution in [2.75, 3.05) is 6.61 Å². The normalized spacial score (nSPS) is 13.4. The number of carbonyl (C=O) groups excluding carboxylic acids is 2. The molecule has 1 amide bonds. The molecule has 62 heavy (non-hydrogen) atoms. The first-order chi connectivity index (χ1) is 30.5. The molecule has 0 saturated carbocycles. The Morgan fingerprint density at radius 1 is 0.484 bits per heavy atom. The van der Waals surface area contributed by atoms with Gasteiger partial charge in [0.25, 0.3) is 0 Å². The summed E-state index contributed by atoms with van der Waals surface area (Å²) in [5.74, 6) is -0.496. The van der Waals surface area contributed by atoms with Gasteiger partial charge in [0.15, 0.2) is 0 Å². The van der Waals surface area contributed by atoms with Gasteiger partial charge in [0.1, 0.15) is 6.10 Å². The number of rotatable bonds is 49. The lowest BCUT2D eigenvalue weighted by Crippen LogP contribution is -2.46. The van der Waals surface area contributed by atoms with E-state index in [1.807, 2.05) is 6.08 Å². The Balaban J connectivity index is 4.47. The summed E-state index contributed by atoms with van der Waals surface area (Å²) in [5.41, 5.74) is 0. The van der Waals surface area contributed by atoms with Gasteiger partial charge in [0.2, 0.25) is 5.91 Å². The van der Waals surface area contributed by atoms with Crippen LogP contribution in [-0.2, 0) is 14.3 Å². The fraction of sp³-hybridized carbons (Fsp3) is 0.857. The number of carbonyl (C=O) groups is 2. The van der Waals surface area contributed by atoms with Crippen LogP contribution in [0.5, 0.6) is 0 Å². The van der Waals surface area contributed by atoms with E-state index in [0.717, 1.165) is 70.6 Å². The number of amides is 1. The number of ether oxygens (including phenoxy) is 1. The van der Waals surface area contributed by atoms with E-state index in [1.165, 1.54) is 167 Å². The van der Waals surface area contributed by atoms with E-state index in [2.05, 4.69) is 56.5 Å². The van der Waals surface area contributed by atoms with Crippen molar-refractivity contribution < 1.29 is 24.5 Å². The highest BCUT2D eigenvalue weighted by Gasteiger charge is 2.24. The summed E-state index contributed by atoms with van der Waals surface area (Å²) in [6.45, 7) is 6.37. The third kappa shape index (κ3) is 44.7. The summed E-state index contributed by atoms with van der Waals surface area (Å²) in [6, 6.07) is -0.710. The first-order valence-corrected chi connectivity index (χ1v) is 27.2. The quantitative estimate of drug-likeness (QED) is 0.0321. The molecule has 0 radical (unpaired) electrons. The maximum Gasteiger partial charge on any atom is 0.306 e. The van der Waals surface area contributed by atoms with Crippen molar-refractivity contribution >= 4 is 11.9 Å². The molecule has 0 aliphatic rings. The summed E-state index contributed by atoms with van der Waals surface area (Å²) in [6.07, 6.45) is 59.3. The topological polar surface area (TPSA) is 95.9 Å². The summed E-state index contributed by atoms with van der Waals surface area (Å²) in [5, 5.41) is 23.8. The number of aliphatic hydroxyl groups excluding tert-OH is 2. The molecule has 0 heterocycles. The summed E-state index contributed by atoms with van der Waals surface area (Å²) >= 11 is 0. The molecule has 0 aliphatic carbocycles. The molecule has 3 N–H and O–H groups in total. The van der Waals surface area contributed by atoms with Crippen LogP contribution in [0, 0.1) is 0 Å². The first-order valence-electron chi connectivity index (χ1n) is 27.2. The van der Waals surface area contributed by atoms with Crippen LogP contribution in [0.15, 0.2) is 36.5 Å². The maximum absolute atomic E-state index is 13.2. The lowest BCUT2D eigenvalue weighted by molar-refractivity contribution is -0.151. The van der Waals surface area contributed by atoms with Crippen molar-refractivity contribution in [3.63, 3.8) is 0 Å². The molecular formula is C56H105NO5. The number of nitrogens with one attached hydrogen (secondary N) is 1. The Kier molecular flexibility index (Phi) is 48.5. The van der Waals surface area contributed by atoms with Crippen LogP contribution in [0.1, 0.15) is 284 Å². The van der Waals surface area contributed by atoms with E-state index in [9.17, 15) is 19.8 Å². The number of aliphatic hydroxyl groups is 2.